The number of carbonyl (C=O) groups excluding carboxylic acids is 1. The Labute approximate surface area is 164 Å². The number of carbonyl (C=O) groups is 1. The molecule has 0 spiro atoms. The highest BCUT2D eigenvalue weighted by Gasteiger charge is 2.24. The van der Waals surface area contributed by atoms with Crippen molar-refractivity contribution in [3.8, 4) is 5.75 Å². The van der Waals surface area contributed by atoms with Gasteiger partial charge in [0.05, 0.1) is 17.6 Å². The first-order chi connectivity index (χ1) is 13.4. The van der Waals surface area contributed by atoms with E-state index in [9.17, 15) is 17.6 Å². The first-order valence-electron chi connectivity index (χ1n) is 9.12. The average Bonchev–Trinajstić information content (AvgIpc) is 2.72. The highest BCUT2D eigenvalue weighted by molar-refractivity contribution is 7.89. The van der Waals surface area contributed by atoms with E-state index in [4.69, 9.17) is 4.74 Å². The Morgan fingerprint density at radius 1 is 1.14 bits per heavy atom. The Morgan fingerprint density at radius 3 is 2.57 bits per heavy atom. The lowest BCUT2D eigenvalue weighted by Crippen LogP contribution is -2.36. The number of hydrogen-bond donors (Lipinski definition) is 1. The van der Waals surface area contributed by atoms with Crippen LogP contribution in [0.3, 0.4) is 0 Å². The number of nitrogens with zero attached hydrogens (tertiary/aromatic N) is 1. The molecular weight excluding hydrogens is 383 g/mol. The number of sulfonamides is 1. The molecule has 0 unspecified atom stereocenters. The molecule has 6 nitrogen and oxygen atoms in total. The van der Waals surface area contributed by atoms with Gasteiger partial charge < -0.3 is 9.64 Å². The molecule has 1 aliphatic heterocycles. The molecule has 0 bridgehead atoms. The molecule has 0 radical (unpaired) electrons. The summed E-state index contributed by atoms with van der Waals surface area (Å²) >= 11 is 0. The number of nitrogens with one attached hydrogen (secondary N) is 1. The third kappa shape index (κ3) is 4.69. The minimum Gasteiger partial charge on any atom is -0.496 e. The molecule has 0 atom stereocenters. The normalized spacial score (nSPS) is 14.7. The molecule has 0 aliphatic carbocycles. The summed E-state index contributed by atoms with van der Waals surface area (Å²) in [5, 5.41) is 0. The monoisotopic (exact) mass is 406 g/mol. The van der Waals surface area contributed by atoms with Crippen LogP contribution in [0.25, 0.3) is 0 Å². The summed E-state index contributed by atoms with van der Waals surface area (Å²) in [5.74, 6) is -0.339. The van der Waals surface area contributed by atoms with Gasteiger partial charge in [-0.25, -0.2) is 17.5 Å². The van der Waals surface area contributed by atoms with Gasteiger partial charge in [0.25, 0.3) is 5.91 Å². The van der Waals surface area contributed by atoms with Gasteiger partial charge in [0.15, 0.2) is 0 Å². The van der Waals surface area contributed by atoms with E-state index in [1.807, 2.05) is 0 Å². The molecule has 1 amide bonds. The van der Waals surface area contributed by atoms with Crippen LogP contribution in [0.1, 0.15) is 35.2 Å². The minimum atomic E-state index is -3.88. The molecule has 1 fully saturated rings. The van der Waals surface area contributed by atoms with Gasteiger partial charge in [-0.15, -0.1) is 0 Å². The van der Waals surface area contributed by atoms with Gasteiger partial charge >= 0.3 is 0 Å². The quantitative estimate of drug-likeness (QED) is 0.800. The van der Waals surface area contributed by atoms with Crippen LogP contribution < -0.4 is 9.46 Å². The Bertz CT molecular complexity index is 956. The maximum absolute atomic E-state index is 13.3. The van der Waals surface area contributed by atoms with E-state index in [1.165, 1.54) is 43.5 Å². The van der Waals surface area contributed by atoms with Gasteiger partial charge in [-0.1, -0.05) is 12.1 Å². The summed E-state index contributed by atoms with van der Waals surface area (Å²) in [6, 6.07) is 9.91. The van der Waals surface area contributed by atoms with E-state index < -0.39 is 15.8 Å². The molecule has 3 rings (SSSR count). The van der Waals surface area contributed by atoms with E-state index in [0.29, 0.717) is 24.4 Å². The fourth-order valence-electron chi connectivity index (χ4n) is 3.20. The smallest absolute Gasteiger partial charge is 0.257 e. The zero-order chi connectivity index (χ0) is 20.1. The van der Waals surface area contributed by atoms with E-state index in [1.54, 1.807) is 11.0 Å². The molecule has 0 aromatic heterocycles. The van der Waals surface area contributed by atoms with E-state index >= 15 is 0 Å². The summed E-state index contributed by atoms with van der Waals surface area (Å²) in [5.41, 5.74) is 0.722. The van der Waals surface area contributed by atoms with Gasteiger partial charge in [0.1, 0.15) is 11.6 Å². The minimum absolute atomic E-state index is 0.0370. The Balaban J connectivity index is 1.83. The van der Waals surface area contributed by atoms with Gasteiger partial charge in [-0.3, -0.25) is 4.79 Å². The van der Waals surface area contributed by atoms with Crippen LogP contribution >= 0.6 is 0 Å². The van der Waals surface area contributed by atoms with Crippen LogP contribution in [-0.4, -0.2) is 39.4 Å². The second kappa shape index (κ2) is 8.70. The molecule has 1 N–H and O–H groups in total. The third-order valence-electron chi connectivity index (χ3n) is 4.71. The number of hydrogen-bond acceptors (Lipinski definition) is 4. The zero-order valence-corrected chi connectivity index (χ0v) is 16.5. The summed E-state index contributed by atoms with van der Waals surface area (Å²) in [6.45, 7) is 1.25. The van der Waals surface area contributed by atoms with E-state index in [0.717, 1.165) is 19.3 Å². The molecule has 1 saturated heterocycles. The number of methoxy groups -OCH3 is 1. The van der Waals surface area contributed by atoms with Crippen molar-refractivity contribution in [1.29, 1.82) is 0 Å². The first-order valence-corrected chi connectivity index (χ1v) is 10.6. The molecule has 1 aliphatic rings. The van der Waals surface area contributed by atoms with Crippen LogP contribution in [0.5, 0.6) is 5.75 Å². The second-order valence-electron chi connectivity index (χ2n) is 6.67. The van der Waals surface area contributed by atoms with Gasteiger partial charge in [-0.2, -0.15) is 0 Å². The lowest BCUT2D eigenvalue weighted by Gasteiger charge is -2.27. The van der Waals surface area contributed by atoms with Crippen molar-refractivity contribution in [2.75, 3.05) is 20.2 Å². The van der Waals surface area contributed by atoms with Crippen LogP contribution in [-0.2, 0) is 16.6 Å². The molecule has 0 saturated carbocycles. The molecule has 150 valence electrons. The zero-order valence-electron chi connectivity index (χ0n) is 15.7. The van der Waals surface area contributed by atoms with Gasteiger partial charge in [0, 0.05) is 19.6 Å². The molecule has 2 aromatic carbocycles. The third-order valence-corrected chi connectivity index (χ3v) is 6.11. The number of amides is 1. The number of piperidine rings is 1. The van der Waals surface area contributed by atoms with Crippen molar-refractivity contribution in [3.63, 3.8) is 0 Å². The topological polar surface area (TPSA) is 75.7 Å². The summed E-state index contributed by atoms with van der Waals surface area (Å²) < 4.78 is 46.3. The lowest BCUT2D eigenvalue weighted by molar-refractivity contribution is 0.0720. The van der Waals surface area contributed by atoms with Crippen LogP contribution in [0, 0.1) is 5.82 Å². The predicted octanol–water partition coefficient (Wildman–Crippen LogP) is 2.94. The number of rotatable bonds is 6. The van der Waals surface area contributed by atoms with Crippen molar-refractivity contribution >= 4 is 15.9 Å². The predicted molar refractivity (Wildman–Crippen MR) is 103 cm³/mol. The van der Waals surface area contributed by atoms with Crippen molar-refractivity contribution in [3.05, 3.63) is 59.4 Å². The van der Waals surface area contributed by atoms with Gasteiger partial charge in [0.2, 0.25) is 10.0 Å². The summed E-state index contributed by atoms with van der Waals surface area (Å²) in [6.07, 6.45) is 2.95. The number of likely N-dealkylation sites (tertiary alicyclic amines) is 1. The highest BCUT2D eigenvalue weighted by atomic mass is 32.2. The van der Waals surface area contributed by atoms with Crippen molar-refractivity contribution in [1.82, 2.24) is 9.62 Å². The van der Waals surface area contributed by atoms with Crippen LogP contribution in [0.15, 0.2) is 47.4 Å². The Morgan fingerprint density at radius 2 is 1.89 bits per heavy atom. The van der Waals surface area contributed by atoms with Crippen LogP contribution in [0.4, 0.5) is 4.39 Å². The van der Waals surface area contributed by atoms with Gasteiger partial charge in [-0.05, 0) is 55.2 Å². The van der Waals surface area contributed by atoms with E-state index in [2.05, 4.69) is 4.72 Å². The lowest BCUT2D eigenvalue weighted by atomic mass is 10.1. The van der Waals surface area contributed by atoms with Crippen molar-refractivity contribution in [2.24, 2.45) is 0 Å². The molecule has 2 aromatic rings. The largest absolute Gasteiger partial charge is 0.496 e. The molecule has 28 heavy (non-hydrogen) atoms. The van der Waals surface area contributed by atoms with Crippen LogP contribution in [0.2, 0.25) is 0 Å². The fourth-order valence-corrected chi connectivity index (χ4v) is 4.24. The first kappa shape index (κ1) is 20.3. The second-order valence-corrected chi connectivity index (χ2v) is 8.44. The van der Waals surface area contributed by atoms with Crippen molar-refractivity contribution < 1.29 is 22.3 Å². The Hall–Kier alpha value is -2.45. The highest BCUT2D eigenvalue weighted by Crippen LogP contribution is 2.25. The number of ether oxygens (including phenoxy) is 1. The number of benzene rings is 2. The Kier molecular flexibility index (Phi) is 6.31. The maximum atomic E-state index is 13.3. The SMILES string of the molecule is COc1ccc(S(=O)(=O)NCc2cccc(F)c2)cc1C(=O)N1CCCCC1. The summed E-state index contributed by atoms with van der Waals surface area (Å²) in [4.78, 5) is 14.5. The molecule has 1 heterocycles. The molecule has 8 heteroatoms. The average molecular weight is 406 g/mol. The van der Waals surface area contributed by atoms with E-state index in [-0.39, 0.29) is 22.9 Å². The summed E-state index contributed by atoms with van der Waals surface area (Å²) in [7, 11) is -2.44. The standard InChI is InChI=1S/C20H23FN2O4S/c1-27-19-9-8-17(13-18(19)20(24)23-10-3-2-4-11-23)28(25,26)22-14-15-6-5-7-16(21)12-15/h5-9,12-13,22H,2-4,10-11,14H2,1H3. The molecular formula is C20H23FN2O4S. The number of halogens is 1. The maximum Gasteiger partial charge on any atom is 0.257 e. The van der Waals surface area contributed by atoms with Crippen molar-refractivity contribution in [2.45, 2.75) is 30.7 Å². The fraction of sp³-hybridized carbons (Fsp3) is 0.350.